The molecule has 1 saturated heterocycles. The van der Waals surface area contributed by atoms with E-state index in [0.717, 1.165) is 6.66 Å². The van der Waals surface area contributed by atoms with E-state index in [1.807, 2.05) is 0 Å². The van der Waals surface area contributed by atoms with E-state index in [4.69, 9.17) is 31.7 Å². The van der Waals surface area contributed by atoms with Gasteiger partial charge in [-0.05, 0) is 6.42 Å². The molecule has 3 unspecified atom stereocenters. The van der Waals surface area contributed by atoms with Gasteiger partial charge >= 0.3 is 0 Å². The molecule has 0 aromatic heterocycles. The van der Waals surface area contributed by atoms with Gasteiger partial charge in [-0.2, -0.15) is 0 Å². The third-order valence-electron chi connectivity index (χ3n) is 2.60. The fourth-order valence-electron chi connectivity index (χ4n) is 1.88. The Kier molecular flexibility index (Phi) is 6.97. The average molecular weight is 293 g/mol. The maximum absolute atomic E-state index is 11.3. The molecule has 1 aliphatic heterocycles. The van der Waals surface area contributed by atoms with Crippen LogP contribution in [0.4, 0.5) is 0 Å². The predicted octanol–water partition coefficient (Wildman–Crippen LogP) is -1.14. The molecule has 9 heteroatoms. The van der Waals surface area contributed by atoms with Gasteiger partial charge in [-0.3, -0.25) is 0 Å². The summed E-state index contributed by atoms with van der Waals surface area (Å²) in [7, 11) is 3.27. The number of hydrogen-bond acceptors (Lipinski definition) is 7. The molecular formula is C10H19BO7P-. The zero-order valence-corrected chi connectivity index (χ0v) is 12.0. The van der Waals surface area contributed by atoms with Gasteiger partial charge in [0.05, 0.1) is 6.61 Å². The highest BCUT2D eigenvalue weighted by Gasteiger charge is 2.44. The molecule has 110 valence electrons. The number of hydrogen-bond donors (Lipinski definition) is 1. The average Bonchev–Trinajstić information content (AvgIpc) is 2.56. The van der Waals surface area contributed by atoms with Crippen molar-refractivity contribution in [3.05, 3.63) is 0 Å². The monoisotopic (exact) mass is 293 g/mol. The van der Waals surface area contributed by atoms with Crippen molar-refractivity contribution >= 4 is 15.4 Å². The Morgan fingerprint density at radius 3 is 2.68 bits per heavy atom. The Morgan fingerprint density at radius 1 is 1.47 bits per heavy atom. The quantitative estimate of drug-likeness (QED) is 0.343. The van der Waals surface area contributed by atoms with Crippen LogP contribution in [-0.2, 0) is 23.3 Å². The van der Waals surface area contributed by atoms with Crippen molar-refractivity contribution in [3.8, 4) is 0 Å². The fraction of sp³-hybridized carbons (Fsp3) is 1.00. The molecule has 1 fully saturated rings. The number of rotatable bonds is 8. The Balaban J connectivity index is 2.70. The maximum atomic E-state index is 11.3. The minimum absolute atomic E-state index is 0.0241. The molecule has 0 aromatic rings. The second kappa shape index (κ2) is 7.74. The van der Waals surface area contributed by atoms with Crippen LogP contribution in [0.5, 0.6) is 0 Å². The first-order valence-electron chi connectivity index (χ1n) is 5.98. The summed E-state index contributed by atoms with van der Waals surface area (Å²) in [6, 6.07) is -0.796. The second-order valence-corrected chi connectivity index (χ2v) is 6.10. The van der Waals surface area contributed by atoms with Crippen LogP contribution in [0.1, 0.15) is 6.42 Å². The summed E-state index contributed by atoms with van der Waals surface area (Å²) in [4.78, 5) is 11.3. The first kappa shape index (κ1) is 17.1. The minimum atomic E-state index is -3.95. The van der Waals surface area contributed by atoms with E-state index in [1.165, 1.54) is 7.11 Å². The molecule has 0 spiro atoms. The highest BCUT2D eigenvalue weighted by atomic mass is 31.2. The zero-order chi connectivity index (χ0) is 14.5. The molecule has 5 atom stereocenters. The number of methoxy groups -OCH3 is 1. The van der Waals surface area contributed by atoms with Crippen LogP contribution < -0.4 is 4.89 Å². The molecule has 0 aromatic carbocycles. The van der Waals surface area contributed by atoms with Crippen LogP contribution in [0.3, 0.4) is 0 Å². The van der Waals surface area contributed by atoms with Gasteiger partial charge in [0.1, 0.15) is 33.8 Å². The van der Waals surface area contributed by atoms with E-state index >= 15 is 0 Å². The number of ether oxygens (including phenoxy) is 3. The molecule has 0 amide bonds. The summed E-state index contributed by atoms with van der Waals surface area (Å²) in [6.07, 6.45) is -1.75. The first-order chi connectivity index (χ1) is 8.89. The highest BCUT2D eigenvalue weighted by Crippen LogP contribution is 2.39. The van der Waals surface area contributed by atoms with Crippen LogP contribution in [0.25, 0.3) is 0 Å². The highest BCUT2D eigenvalue weighted by molar-refractivity contribution is 7.50. The molecule has 2 radical (unpaired) electrons. The zero-order valence-electron chi connectivity index (χ0n) is 11.1. The van der Waals surface area contributed by atoms with Crippen molar-refractivity contribution < 1.29 is 33.3 Å². The third kappa shape index (κ3) is 5.51. The normalized spacial score (nSPS) is 34.3. The van der Waals surface area contributed by atoms with Gasteiger partial charge in [-0.15, -0.1) is 0 Å². The summed E-state index contributed by atoms with van der Waals surface area (Å²) >= 11 is 0. The van der Waals surface area contributed by atoms with Gasteiger partial charge < -0.3 is 33.3 Å². The van der Waals surface area contributed by atoms with Crippen LogP contribution in [0.15, 0.2) is 0 Å². The SMILES string of the molecule is [B][C@@H]1O[C@H](COC)C(OP(C)(=O)[O-])C1OCCCO. The van der Waals surface area contributed by atoms with Crippen LogP contribution in [0, 0.1) is 0 Å². The van der Waals surface area contributed by atoms with E-state index < -0.39 is 31.9 Å². The molecule has 7 nitrogen and oxygen atoms in total. The van der Waals surface area contributed by atoms with Crippen molar-refractivity contribution in [1.29, 1.82) is 0 Å². The summed E-state index contributed by atoms with van der Waals surface area (Å²) in [5.41, 5.74) is 0. The second-order valence-electron chi connectivity index (χ2n) is 4.35. The van der Waals surface area contributed by atoms with Crippen molar-refractivity contribution in [2.24, 2.45) is 0 Å². The van der Waals surface area contributed by atoms with E-state index in [0.29, 0.717) is 6.42 Å². The molecule has 0 bridgehead atoms. The van der Waals surface area contributed by atoms with Gasteiger partial charge in [0, 0.05) is 33.0 Å². The summed E-state index contributed by atoms with van der Waals surface area (Å²) in [5.74, 6) is 0. The molecule has 19 heavy (non-hydrogen) atoms. The van der Waals surface area contributed by atoms with Gasteiger partial charge in [0.25, 0.3) is 0 Å². The lowest BCUT2D eigenvalue weighted by Crippen LogP contribution is -2.39. The lowest BCUT2D eigenvalue weighted by Gasteiger charge is -2.29. The van der Waals surface area contributed by atoms with Crippen LogP contribution in [-0.4, -0.2) is 70.9 Å². The Bertz CT molecular complexity index is 310. The van der Waals surface area contributed by atoms with Crippen molar-refractivity contribution in [1.82, 2.24) is 0 Å². The number of aliphatic hydroxyl groups is 1. The summed E-state index contributed by atoms with van der Waals surface area (Å²) in [6.45, 7) is 1.35. The smallest absolute Gasteiger partial charge is 0.132 e. The van der Waals surface area contributed by atoms with Gasteiger partial charge in [-0.1, -0.05) is 0 Å². The van der Waals surface area contributed by atoms with Gasteiger partial charge in [0.15, 0.2) is 0 Å². The third-order valence-corrected chi connectivity index (χ3v) is 3.23. The van der Waals surface area contributed by atoms with E-state index in [-0.39, 0.29) is 19.8 Å². The molecule has 0 saturated carbocycles. The first-order valence-corrected chi connectivity index (χ1v) is 7.97. The minimum Gasteiger partial charge on any atom is -0.779 e. The molecule has 1 aliphatic rings. The largest absolute Gasteiger partial charge is 0.779 e. The standard InChI is InChI=1S/C10H20BO7P/c1-15-6-7-8(18-19(2,13)14)9(10(11)17-7)16-5-3-4-12/h7-10,12H,3-6H2,1-2H3,(H,13,14)/p-1/t7-,8?,9?,10-/m1/s1. The van der Waals surface area contributed by atoms with Crippen molar-refractivity contribution in [3.63, 3.8) is 0 Å². The molecule has 1 N–H and O–H groups in total. The summed E-state index contributed by atoms with van der Waals surface area (Å²) in [5, 5.41) is 8.71. The Morgan fingerprint density at radius 2 is 2.16 bits per heavy atom. The Labute approximate surface area is 114 Å². The Hall–Kier alpha value is 0.0549. The molecular weight excluding hydrogens is 274 g/mol. The lowest BCUT2D eigenvalue weighted by atomic mass is 9.93. The van der Waals surface area contributed by atoms with E-state index in [2.05, 4.69) is 0 Å². The van der Waals surface area contributed by atoms with Crippen LogP contribution >= 0.6 is 7.60 Å². The number of aliphatic hydroxyl groups excluding tert-OH is 1. The topological polar surface area (TPSA) is 97.3 Å². The maximum Gasteiger partial charge on any atom is 0.132 e. The summed E-state index contributed by atoms with van der Waals surface area (Å²) < 4.78 is 32.1. The fourth-order valence-corrected chi connectivity index (χ4v) is 2.57. The van der Waals surface area contributed by atoms with E-state index in [9.17, 15) is 9.46 Å². The van der Waals surface area contributed by atoms with Crippen molar-refractivity contribution in [2.45, 2.75) is 30.7 Å². The van der Waals surface area contributed by atoms with Crippen LogP contribution in [0.2, 0.25) is 0 Å². The van der Waals surface area contributed by atoms with Gasteiger partial charge in [0.2, 0.25) is 0 Å². The molecule has 0 aliphatic carbocycles. The van der Waals surface area contributed by atoms with Crippen molar-refractivity contribution in [2.75, 3.05) is 33.6 Å². The molecule has 1 heterocycles. The van der Waals surface area contributed by atoms with E-state index in [1.54, 1.807) is 0 Å². The lowest BCUT2D eigenvalue weighted by molar-refractivity contribution is -0.205. The van der Waals surface area contributed by atoms with Gasteiger partial charge in [-0.25, -0.2) is 0 Å². The predicted molar refractivity (Wildman–Crippen MR) is 66.1 cm³/mol. The molecule has 1 rings (SSSR count).